The molecule has 0 radical (unpaired) electrons. The molecule has 2 aromatic heterocycles. The lowest BCUT2D eigenvalue weighted by molar-refractivity contribution is 0.102. The monoisotopic (exact) mass is 548 g/mol. The van der Waals surface area contributed by atoms with Crippen LogP contribution in [0, 0.1) is 18.6 Å². The van der Waals surface area contributed by atoms with Crippen molar-refractivity contribution in [2.45, 2.75) is 6.92 Å². The molecule has 176 valence electrons. The Balaban J connectivity index is 1.62. The highest BCUT2D eigenvalue weighted by molar-refractivity contribution is 7.15. The number of thiazole rings is 1. The van der Waals surface area contributed by atoms with E-state index in [1.807, 2.05) is 6.92 Å². The van der Waals surface area contributed by atoms with Crippen LogP contribution in [0.5, 0.6) is 0 Å². The Morgan fingerprint density at radius 1 is 1.00 bits per heavy atom. The molecule has 3 aromatic carbocycles. The molecule has 0 unspecified atom stereocenters. The zero-order valence-corrected chi connectivity index (χ0v) is 20.8. The van der Waals surface area contributed by atoms with Crippen LogP contribution >= 0.6 is 46.1 Å². The van der Waals surface area contributed by atoms with Crippen LogP contribution in [-0.4, -0.2) is 20.7 Å². The van der Waals surface area contributed by atoms with Gasteiger partial charge in [-0.3, -0.25) is 10.1 Å². The second kappa shape index (κ2) is 9.20. The summed E-state index contributed by atoms with van der Waals surface area (Å²) in [6.07, 6.45) is 1.60. The first kappa shape index (κ1) is 23.7. The Labute approximate surface area is 216 Å². The molecule has 0 fully saturated rings. The van der Waals surface area contributed by atoms with Gasteiger partial charge in [0.25, 0.3) is 5.91 Å². The standard InChI is InChI=1S/C24H13Cl3F2N4OS/c1-11-10-30-24(35-11)31-23(34)15-8-17(27)21(9-19(15)29)33-20-5-3-12(25)6-16(20)22(32-33)14-4-2-13(26)7-18(14)28/h2-10H,1H3,(H,30,31,34). The van der Waals surface area contributed by atoms with E-state index in [0.29, 0.717) is 21.1 Å². The van der Waals surface area contributed by atoms with E-state index in [2.05, 4.69) is 15.4 Å². The van der Waals surface area contributed by atoms with Gasteiger partial charge in [-0.1, -0.05) is 34.8 Å². The van der Waals surface area contributed by atoms with Gasteiger partial charge in [0.2, 0.25) is 0 Å². The van der Waals surface area contributed by atoms with E-state index in [4.69, 9.17) is 34.8 Å². The molecule has 11 heteroatoms. The molecule has 0 saturated carbocycles. The number of halogens is 5. The maximum Gasteiger partial charge on any atom is 0.260 e. The molecule has 0 aliphatic rings. The summed E-state index contributed by atoms with van der Waals surface area (Å²) < 4.78 is 31.2. The Morgan fingerprint density at radius 2 is 1.74 bits per heavy atom. The minimum atomic E-state index is -0.813. The van der Waals surface area contributed by atoms with Crippen molar-refractivity contribution in [3.8, 4) is 16.9 Å². The van der Waals surface area contributed by atoms with Crippen molar-refractivity contribution in [3.63, 3.8) is 0 Å². The van der Waals surface area contributed by atoms with Gasteiger partial charge in [-0.05, 0) is 49.4 Å². The average molecular weight is 550 g/mol. The normalized spacial score (nSPS) is 11.3. The molecule has 0 atom stereocenters. The van der Waals surface area contributed by atoms with Gasteiger partial charge in [-0.25, -0.2) is 18.4 Å². The fourth-order valence-corrected chi connectivity index (χ4v) is 4.84. The first-order chi connectivity index (χ1) is 16.7. The molecule has 0 saturated heterocycles. The molecule has 5 nitrogen and oxygen atoms in total. The van der Waals surface area contributed by atoms with Crippen LogP contribution in [0.15, 0.2) is 54.7 Å². The van der Waals surface area contributed by atoms with Crippen molar-refractivity contribution in [3.05, 3.63) is 91.9 Å². The number of aromatic nitrogens is 3. The van der Waals surface area contributed by atoms with Crippen molar-refractivity contribution in [2.75, 3.05) is 5.32 Å². The van der Waals surface area contributed by atoms with E-state index in [1.165, 1.54) is 34.2 Å². The average Bonchev–Trinajstić information content (AvgIpc) is 3.38. The Morgan fingerprint density at radius 3 is 2.46 bits per heavy atom. The van der Waals surface area contributed by atoms with Crippen LogP contribution in [0.25, 0.3) is 27.8 Å². The van der Waals surface area contributed by atoms with Crippen LogP contribution in [0.1, 0.15) is 15.2 Å². The lowest BCUT2D eigenvalue weighted by atomic mass is 10.1. The van der Waals surface area contributed by atoms with Crippen LogP contribution in [-0.2, 0) is 0 Å². The number of hydrogen-bond donors (Lipinski definition) is 1. The molecule has 2 heterocycles. The van der Waals surface area contributed by atoms with Crippen molar-refractivity contribution >= 4 is 68.1 Å². The summed E-state index contributed by atoms with van der Waals surface area (Å²) in [7, 11) is 0. The number of benzene rings is 3. The summed E-state index contributed by atoms with van der Waals surface area (Å²) in [5.41, 5.74) is 0.880. The third-order valence-corrected chi connectivity index (χ3v) is 6.78. The zero-order chi connectivity index (χ0) is 24.9. The minimum Gasteiger partial charge on any atom is -0.298 e. The number of nitrogens with zero attached hydrogens (tertiary/aromatic N) is 3. The van der Waals surface area contributed by atoms with Gasteiger partial charge in [-0.15, -0.1) is 11.3 Å². The number of fused-ring (bicyclic) bond motifs is 1. The third-order valence-electron chi connectivity index (χ3n) is 5.18. The smallest absolute Gasteiger partial charge is 0.260 e. The van der Waals surface area contributed by atoms with E-state index >= 15 is 4.39 Å². The summed E-state index contributed by atoms with van der Waals surface area (Å²) in [4.78, 5) is 17.6. The fraction of sp³-hybridized carbons (Fsp3) is 0.0417. The van der Waals surface area contributed by atoms with Gasteiger partial charge in [0, 0.05) is 38.1 Å². The third kappa shape index (κ3) is 4.50. The highest BCUT2D eigenvalue weighted by Gasteiger charge is 2.22. The predicted octanol–water partition coefficient (Wildman–Crippen LogP) is 7.95. The molecule has 0 bridgehead atoms. The number of carbonyl (C=O) groups excluding carboxylic acids is 1. The number of amides is 1. The maximum absolute atomic E-state index is 15.1. The first-order valence-electron chi connectivity index (χ1n) is 10.1. The predicted molar refractivity (Wildman–Crippen MR) is 136 cm³/mol. The van der Waals surface area contributed by atoms with Crippen molar-refractivity contribution in [1.82, 2.24) is 14.8 Å². The Hall–Kier alpha value is -3.04. The maximum atomic E-state index is 15.1. The van der Waals surface area contributed by atoms with Gasteiger partial charge in [0.05, 0.1) is 21.8 Å². The van der Waals surface area contributed by atoms with E-state index in [1.54, 1.807) is 30.5 Å². The highest BCUT2D eigenvalue weighted by atomic mass is 35.5. The minimum absolute atomic E-state index is 0.0642. The van der Waals surface area contributed by atoms with Gasteiger partial charge >= 0.3 is 0 Å². The molecule has 1 N–H and O–H groups in total. The Bertz CT molecular complexity index is 1630. The quantitative estimate of drug-likeness (QED) is 0.247. The van der Waals surface area contributed by atoms with Gasteiger partial charge in [-0.2, -0.15) is 5.10 Å². The summed E-state index contributed by atoms with van der Waals surface area (Å²) in [6, 6.07) is 11.5. The van der Waals surface area contributed by atoms with Gasteiger partial charge < -0.3 is 0 Å². The Kier molecular flexibility index (Phi) is 6.23. The van der Waals surface area contributed by atoms with Crippen LogP contribution in [0.2, 0.25) is 15.1 Å². The fourth-order valence-electron chi connectivity index (χ4n) is 3.60. The molecule has 0 aliphatic carbocycles. The summed E-state index contributed by atoms with van der Waals surface area (Å²) >= 11 is 19.8. The molecular formula is C24H13Cl3F2N4OS. The SMILES string of the molecule is Cc1cnc(NC(=O)c2cc(Cl)c(-n3nc(-c4ccc(Cl)cc4F)c4cc(Cl)ccc43)cc2F)s1. The number of carbonyl (C=O) groups is 1. The van der Waals surface area contributed by atoms with Gasteiger partial charge in [0.15, 0.2) is 5.13 Å². The summed E-state index contributed by atoms with van der Waals surface area (Å²) in [5.74, 6) is -2.08. The van der Waals surface area contributed by atoms with Crippen LogP contribution in [0.3, 0.4) is 0 Å². The summed E-state index contributed by atoms with van der Waals surface area (Å²) in [5, 5.41) is 8.66. The van der Waals surface area contributed by atoms with Crippen molar-refractivity contribution in [1.29, 1.82) is 0 Å². The number of anilines is 1. The van der Waals surface area contributed by atoms with Crippen molar-refractivity contribution < 1.29 is 13.6 Å². The largest absolute Gasteiger partial charge is 0.298 e. The zero-order valence-electron chi connectivity index (χ0n) is 17.7. The number of nitrogens with one attached hydrogen (secondary N) is 1. The molecule has 35 heavy (non-hydrogen) atoms. The van der Waals surface area contributed by atoms with Gasteiger partial charge in [0.1, 0.15) is 17.3 Å². The molecule has 1 amide bonds. The molecular weight excluding hydrogens is 537 g/mol. The first-order valence-corrected chi connectivity index (χ1v) is 12.0. The number of aryl methyl sites for hydroxylation is 1. The molecule has 0 spiro atoms. The molecule has 5 rings (SSSR count). The van der Waals surface area contributed by atoms with E-state index in [0.717, 1.165) is 10.9 Å². The lowest BCUT2D eigenvalue weighted by Crippen LogP contribution is -2.14. The van der Waals surface area contributed by atoms with E-state index < -0.39 is 17.5 Å². The molecule has 5 aromatic rings. The number of rotatable bonds is 4. The second-order valence-corrected chi connectivity index (χ2v) is 10.1. The topological polar surface area (TPSA) is 59.8 Å². The second-order valence-electron chi connectivity index (χ2n) is 7.56. The van der Waals surface area contributed by atoms with Crippen molar-refractivity contribution in [2.24, 2.45) is 0 Å². The van der Waals surface area contributed by atoms with Crippen LogP contribution < -0.4 is 5.32 Å². The summed E-state index contributed by atoms with van der Waals surface area (Å²) in [6.45, 7) is 1.84. The van der Waals surface area contributed by atoms with Crippen LogP contribution in [0.4, 0.5) is 13.9 Å². The number of hydrogen-bond acceptors (Lipinski definition) is 4. The highest BCUT2D eigenvalue weighted by Crippen LogP contribution is 2.36. The van der Waals surface area contributed by atoms with E-state index in [-0.39, 0.29) is 32.6 Å². The molecule has 0 aliphatic heterocycles. The lowest BCUT2D eigenvalue weighted by Gasteiger charge is -2.10. The van der Waals surface area contributed by atoms with E-state index in [9.17, 15) is 9.18 Å².